The van der Waals surface area contributed by atoms with Crippen molar-refractivity contribution in [2.75, 3.05) is 6.61 Å². The number of ether oxygens (including phenoxy) is 1. The molecule has 5 heteroatoms. The minimum absolute atomic E-state index is 0.258. The summed E-state index contributed by atoms with van der Waals surface area (Å²) in [5, 5.41) is 10.1. The van der Waals surface area contributed by atoms with Crippen LogP contribution in [0, 0.1) is 0 Å². The Labute approximate surface area is 156 Å². The summed E-state index contributed by atoms with van der Waals surface area (Å²) in [5.41, 5.74) is 0. The molecule has 0 rings (SSSR count). The van der Waals surface area contributed by atoms with E-state index in [-0.39, 0.29) is 5.04 Å². The van der Waals surface area contributed by atoms with Crippen molar-refractivity contribution in [2.45, 2.75) is 103 Å². The minimum atomic E-state index is -1.66. The van der Waals surface area contributed by atoms with Crippen LogP contribution in [-0.4, -0.2) is 38.2 Å². The highest BCUT2D eigenvalue weighted by Gasteiger charge is 2.38. The molecule has 0 unspecified atom stereocenters. The lowest BCUT2D eigenvalue weighted by Crippen LogP contribution is -2.43. The second kappa shape index (κ2) is 11.9. The van der Waals surface area contributed by atoms with Gasteiger partial charge in [-0.25, -0.2) is 4.79 Å². The molecule has 1 N–H and O–H groups in total. The van der Waals surface area contributed by atoms with Crippen LogP contribution in [0.4, 0.5) is 0 Å². The maximum atomic E-state index is 11.2. The topological polar surface area (TPSA) is 55.8 Å². The third-order valence-corrected chi connectivity index (χ3v) is 9.51. The van der Waals surface area contributed by atoms with Crippen molar-refractivity contribution in [3.63, 3.8) is 0 Å². The molecule has 0 aromatic rings. The molecule has 0 saturated carbocycles. The molecule has 0 saturated heterocycles. The Morgan fingerprint density at radius 3 is 2.20 bits per heavy atom. The molecule has 0 aliphatic rings. The molecule has 0 aliphatic carbocycles. The van der Waals surface area contributed by atoms with Gasteiger partial charge in [0.15, 0.2) is 8.32 Å². The number of unbranched alkanes of at least 4 members (excludes halogenated alkanes) is 3. The van der Waals surface area contributed by atoms with Gasteiger partial charge in [0.05, 0.1) is 12.7 Å². The average molecular weight is 373 g/mol. The fraction of sp³-hybridized carbons (Fsp3) is 0.850. The summed E-state index contributed by atoms with van der Waals surface area (Å²) in [7, 11) is -1.66. The molecule has 0 aliphatic heterocycles. The molecule has 0 heterocycles. The predicted octanol–water partition coefficient (Wildman–Crippen LogP) is 5.22. The maximum Gasteiger partial charge on any atom is 0.330 e. The summed E-state index contributed by atoms with van der Waals surface area (Å²) in [5.74, 6) is -0.391. The third kappa shape index (κ3) is 11.6. The van der Waals surface area contributed by atoms with Gasteiger partial charge in [0, 0.05) is 12.2 Å². The lowest BCUT2D eigenvalue weighted by atomic mass is 10.1. The van der Waals surface area contributed by atoms with Crippen LogP contribution in [0.15, 0.2) is 12.2 Å². The van der Waals surface area contributed by atoms with Gasteiger partial charge in [-0.2, -0.15) is 0 Å². The number of hydrogen-bond donors (Lipinski definition) is 1. The van der Waals surface area contributed by atoms with Crippen molar-refractivity contribution >= 4 is 14.3 Å². The Kier molecular flexibility index (Phi) is 11.6. The lowest BCUT2D eigenvalue weighted by Gasteiger charge is -2.38. The molecule has 0 bridgehead atoms. The molecule has 0 amide bonds. The van der Waals surface area contributed by atoms with Crippen LogP contribution >= 0.6 is 0 Å². The number of esters is 1. The van der Waals surface area contributed by atoms with E-state index in [0.29, 0.717) is 19.1 Å². The molecule has 0 aromatic carbocycles. The Hall–Kier alpha value is -0.653. The van der Waals surface area contributed by atoms with E-state index in [4.69, 9.17) is 9.16 Å². The quantitative estimate of drug-likeness (QED) is 0.221. The molecule has 25 heavy (non-hydrogen) atoms. The van der Waals surface area contributed by atoms with E-state index in [2.05, 4.69) is 40.8 Å². The molecule has 0 fully saturated rings. The summed E-state index contributed by atoms with van der Waals surface area (Å²) >= 11 is 0. The first-order chi connectivity index (χ1) is 11.5. The van der Waals surface area contributed by atoms with Gasteiger partial charge in [0.25, 0.3) is 0 Å². The van der Waals surface area contributed by atoms with Crippen LogP contribution in [0.5, 0.6) is 0 Å². The van der Waals surface area contributed by atoms with Crippen molar-refractivity contribution < 1.29 is 19.1 Å². The number of carbonyl (C=O) groups is 1. The smallest absolute Gasteiger partial charge is 0.330 e. The van der Waals surface area contributed by atoms with Crippen molar-refractivity contribution in [1.82, 2.24) is 0 Å². The Morgan fingerprint density at radius 1 is 1.12 bits per heavy atom. The van der Waals surface area contributed by atoms with Crippen LogP contribution in [0.1, 0.15) is 73.1 Å². The first-order valence-corrected chi connectivity index (χ1v) is 12.6. The molecule has 0 aromatic heterocycles. The van der Waals surface area contributed by atoms with Crippen LogP contribution in [0.2, 0.25) is 18.1 Å². The van der Waals surface area contributed by atoms with Crippen molar-refractivity contribution in [1.29, 1.82) is 0 Å². The van der Waals surface area contributed by atoms with Gasteiger partial charge in [-0.1, -0.05) is 46.5 Å². The standard InChI is InChI=1S/C20H40O4Si/c1-8-23-19(22)16-15-18(21)14-12-10-9-11-13-17(2)24-25(6,7)20(3,4)5/h15-18,21H,8-14H2,1-7H3/b16-15+/t17-,18+/m1/s1. The summed E-state index contributed by atoms with van der Waals surface area (Å²) in [4.78, 5) is 11.2. The van der Waals surface area contributed by atoms with E-state index in [0.717, 1.165) is 32.1 Å². The molecule has 0 radical (unpaired) electrons. The van der Waals surface area contributed by atoms with Gasteiger partial charge in [0.2, 0.25) is 0 Å². The van der Waals surface area contributed by atoms with E-state index in [1.54, 1.807) is 6.92 Å². The number of rotatable bonds is 12. The minimum Gasteiger partial charge on any atom is -0.463 e. The van der Waals surface area contributed by atoms with Crippen LogP contribution in [0.25, 0.3) is 0 Å². The van der Waals surface area contributed by atoms with Gasteiger partial charge in [-0.15, -0.1) is 0 Å². The van der Waals surface area contributed by atoms with Gasteiger partial charge in [-0.05, 0) is 50.9 Å². The first-order valence-electron chi connectivity index (χ1n) is 9.70. The van der Waals surface area contributed by atoms with E-state index >= 15 is 0 Å². The highest BCUT2D eigenvalue weighted by molar-refractivity contribution is 6.74. The maximum absolute atomic E-state index is 11.2. The largest absolute Gasteiger partial charge is 0.463 e. The second-order valence-corrected chi connectivity index (χ2v) is 13.1. The Morgan fingerprint density at radius 2 is 1.68 bits per heavy atom. The first kappa shape index (κ1) is 24.3. The van der Waals surface area contributed by atoms with Gasteiger partial charge in [-0.3, -0.25) is 0 Å². The zero-order valence-corrected chi connectivity index (χ0v) is 18.4. The van der Waals surface area contributed by atoms with Crippen molar-refractivity contribution in [3.05, 3.63) is 12.2 Å². The normalized spacial score (nSPS) is 15.4. The fourth-order valence-electron chi connectivity index (χ4n) is 2.35. The monoisotopic (exact) mass is 372 g/mol. The summed E-state index contributed by atoms with van der Waals surface area (Å²) in [6.45, 7) is 15.7. The summed E-state index contributed by atoms with van der Waals surface area (Å²) < 4.78 is 11.1. The predicted molar refractivity (Wildman–Crippen MR) is 107 cm³/mol. The van der Waals surface area contributed by atoms with Crippen LogP contribution < -0.4 is 0 Å². The van der Waals surface area contributed by atoms with Crippen molar-refractivity contribution in [3.8, 4) is 0 Å². The van der Waals surface area contributed by atoms with E-state index < -0.39 is 20.4 Å². The van der Waals surface area contributed by atoms with Crippen molar-refractivity contribution in [2.24, 2.45) is 0 Å². The van der Waals surface area contributed by atoms with E-state index in [1.807, 2.05) is 0 Å². The number of carbonyl (C=O) groups excluding carboxylic acids is 1. The highest BCUT2D eigenvalue weighted by atomic mass is 28.4. The third-order valence-electron chi connectivity index (χ3n) is 4.90. The summed E-state index contributed by atoms with van der Waals surface area (Å²) in [6.07, 6.45) is 8.74. The highest BCUT2D eigenvalue weighted by Crippen LogP contribution is 2.37. The Bertz CT molecular complexity index is 399. The average Bonchev–Trinajstić information content (AvgIpc) is 2.47. The van der Waals surface area contributed by atoms with Gasteiger partial charge < -0.3 is 14.3 Å². The van der Waals surface area contributed by atoms with Gasteiger partial charge >= 0.3 is 5.97 Å². The molecule has 0 spiro atoms. The van der Waals surface area contributed by atoms with Crippen LogP contribution in [0.3, 0.4) is 0 Å². The molecule has 148 valence electrons. The molecule has 4 nitrogen and oxygen atoms in total. The number of aliphatic hydroxyl groups excluding tert-OH is 1. The molecule has 2 atom stereocenters. The lowest BCUT2D eigenvalue weighted by molar-refractivity contribution is -0.137. The number of aliphatic hydroxyl groups is 1. The van der Waals surface area contributed by atoms with Crippen LogP contribution in [-0.2, 0) is 14.0 Å². The van der Waals surface area contributed by atoms with E-state index in [1.165, 1.54) is 12.2 Å². The molecular formula is C20H40O4Si. The second-order valence-electron chi connectivity index (χ2n) is 8.36. The molecular weight excluding hydrogens is 332 g/mol. The number of hydrogen-bond acceptors (Lipinski definition) is 4. The van der Waals surface area contributed by atoms with Gasteiger partial charge in [0.1, 0.15) is 0 Å². The zero-order chi connectivity index (χ0) is 19.5. The summed E-state index contributed by atoms with van der Waals surface area (Å²) in [6, 6.07) is 0. The fourth-order valence-corrected chi connectivity index (χ4v) is 3.83. The SMILES string of the molecule is CCOC(=O)/C=C/[C@@H](O)CCCCCC[C@@H](C)O[Si](C)(C)C(C)(C)C. The zero-order valence-electron chi connectivity index (χ0n) is 17.4. The van der Waals surface area contributed by atoms with E-state index in [9.17, 15) is 9.90 Å². The Balaban J connectivity index is 3.81.